The number of hydrogen-bond donors (Lipinski definition) is 1. The van der Waals surface area contributed by atoms with Crippen LogP contribution in [0.25, 0.3) is 5.69 Å². The highest BCUT2D eigenvalue weighted by molar-refractivity contribution is 5.48. The summed E-state index contributed by atoms with van der Waals surface area (Å²) in [6.07, 6.45) is 5.28. The van der Waals surface area contributed by atoms with Crippen molar-refractivity contribution in [2.24, 2.45) is 0 Å². The molecule has 140 valence electrons. The standard InChI is InChI=1S/C19H21N5O3/c1-27-11-9-16-20-17(12-23-10-8-18(25)21-19(23)26)24(22-16)15-7-3-5-13-4-2-6-14(13)15/h3,5,7-8,10H,2,4,6,9,11-12H2,1H3,(H,21,25,26). The molecule has 0 spiro atoms. The van der Waals surface area contributed by atoms with E-state index in [1.165, 1.54) is 28.0 Å². The molecule has 8 heteroatoms. The fourth-order valence-electron chi connectivity index (χ4n) is 3.51. The van der Waals surface area contributed by atoms with Crippen molar-refractivity contribution in [1.29, 1.82) is 0 Å². The van der Waals surface area contributed by atoms with E-state index in [1.807, 2.05) is 16.8 Å². The van der Waals surface area contributed by atoms with Gasteiger partial charge in [-0.2, -0.15) is 5.10 Å². The molecule has 1 N–H and O–H groups in total. The van der Waals surface area contributed by atoms with Gasteiger partial charge in [-0.05, 0) is 36.5 Å². The summed E-state index contributed by atoms with van der Waals surface area (Å²) in [5.41, 5.74) is 2.76. The highest BCUT2D eigenvalue weighted by atomic mass is 16.5. The molecular formula is C19H21N5O3. The van der Waals surface area contributed by atoms with E-state index in [0.717, 1.165) is 24.9 Å². The number of ether oxygens (including phenoxy) is 1. The summed E-state index contributed by atoms with van der Waals surface area (Å²) in [5, 5.41) is 4.68. The summed E-state index contributed by atoms with van der Waals surface area (Å²) >= 11 is 0. The number of nitrogens with zero attached hydrogens (tertiary/aromatic N) is 4. The van der Waals surface area contributed by atoms with Crippen LogP contribution in [0.3, 0.4) is 0 Å². The average molecular weight is 367 g/mol. The third kappa shape index (κ3) is 3.48. The van der Waals surface area contributed by atoms with Crippen LogP contribution in [-0.2, 0) is 30.5 Å². The van der Waals surface area contributed by atoms with E-state index < -0.39 is 11.2 Å². The van der Waals surface area contributed by atoms with E-state index in [-0.39, 0.29) is 6.54 Å². The highest BCUT2D eigenvalue weighted by Gasteiger charge is 2.20. The molecule has 0 saturated carbocycles. The monoisotopic (exact) mass is 367 g/mol. The summed E-state index contributed by atoms with van der Waals surface area (Å²) in [5.74, 6) is 1.32. The second-order valence-corrected chi connectivity index (χ2v) is 6.61. The summed E-state index contributed by atoms with van der Waals surface area (Å²) in [7, 11) is 1.64. The Labute approximate surface area is 155 Å². The lowest BCUT2D eigenvalue weighted by Gasteiger charge is -2.11. The minimum absolute atomic E-state index is 0.221. The molecule has 1 aliphatic rings. The Morgan fingerprint density at radius 1 is 1.22 bits per heavy atom. The van der Waals surface area contributed by atoms with Crippen LogP contribution in [0.1, 0.15) is 29.2 Å². The number of H-pyrrole nitrogens is 1. The Bertz CT molecular complexity index is 1080. The van der Waals surface area contributed by atoms with Crippen LogP contribution < -0.4 is 11.2 Å². The van der Waals surface area contributed by atoms with Gasteiger partial charge < -0.3 is 4.74 Å². The fraction of sp³-hybridized carbons (Fsp3) is 0.368. The van der Waals surface area contributed by atoms with Gasteiger partial charge in [0, 0.05) is 25.8 Å². The van der Waals surface area contributed by atoms with Gasteiger partial charge >= 0.3 is 5.69 Å². The van der Waals surface area contributed by atoms with Crippen LogP contribution in [-0.4, -0.2) is 38.0 Å². The van der Waals surface area contributed by atoms with E-state index in [2.05, 4.69) is 21.1 Å². The van der Waals surface area contributed by atoms with E-state index >= 15 is 0 Å². The largest absolute Gasteiger partial charge is 0.384 e. The van der Waals surface area contributed by atoms with Crippen molar-refractivity contribution in [3.8, 4) is 5.69 Å². The van der Waals surface area contributed by atoms with E-state index in [1.54, 1.807) is 7.11 Å². The zero-order chi connectivity index (χ0) is 18.8. The molecule has 1 aliphatic carbocycles. The van der Waals surface area contributed by atoms with Gasteiger partial charge in [-0.15, -0.1) is 0 Å². The third-order valence-electron chi connectivity index (χ3n) is 4.81. The van der Waals surface area contributed by atoms with Gasteiger partial charge in [0.25, 0.3) is 5.56 Å². The zero-order valence-electron chi connectivity index (χ0n) is 15.1. The second kappa shape index (κ2) is 7.32. The number of benzene rings is 1. The molecule has 3 aromatic rings. The summed E-state index contributed by atoms with van der Waals surface area (Å²) in [6.45, 7) is 0.744. The van der Waals surface area contributed by atoms with Gasteiger partial charge in [-0.25, -0.2) is 14.5 Å². The first kappa shape index (κ1) is 17.4. The van der Waals surface area contributed by atoms with Gasteiger partial charge in [-0.1, -0.05) is 12.1 Å². The highest BCUT2D eigenvalue weighted by Crippen LogP contribution is 2.28. The lowest BCUT2D eigenvalue weighted by Crippen LogP contribution is -2.29. The molecule has 2 heterocycles. The van der Waals surface area contributed by atoms with Crippen LogP contribution in [0.15, 0.2) is 40.1 Å². The number of aromatic nitrogens is 5. The van der Waals surface area contributed by atoms with Gasteiger partial charge in [0.05, 0.1) is 18.8 Å². The molecule has 1 aromatic carbocycles. The molecule has 0 unspecified atom stereocenters. The van der Waals surface area contributed by atoms with Crippen molar-refractivity contribution in [1.82, 2.24) is 24.3 Å². The minimum Gasteiger partial charge on any atom is -0.384 e. The SMILES string of the molecule is COCCc1nc(Cn2ccc(=O)[nH]c2=O)n(-c2cccc3c2CCC3)n1. The van der Waals surface area contributed by atoms with Gasteiger partial charge in [0.2, 0.25) is 0 Å². The Morgan fingerprint density at radius 2 is 2.11 bits per heavy atom. The van der Waals surface area contributed by atoms with Crippen molar-refractivity contribution in [3.63, 3.8) is 0 Å². The van der Waals surface area contributed by atoms with E-state index in [9.17, 15) is 9.59 Å². The summed E-state index contributed by atoms with van der Waals surface area (Å²) in [4.78, 5) is 30.3. The topological polar surface area (TPSA) is 94.8 Å². The first-order valence-electron chi connectivity index (χ1n) is 9.00. The maximum atomic E-state index is 12.1. The number of methoxy groups -OCH3 is 1. The third-order valence-corrected chi connectivity index (χ3v) is 4.81. The molecular weight excluding hydrogens is 346 g/mol. The summed E-state index contributed by atoms with van der Waals surface area (Å²) in [6, 6.07) is 7.55. The second-order valence-electron chi connectivity index (χ2n) is 6.61. The van der Waals surface area contributed by atoms with Gasteiger partial charge in [0.15, 0.2) is 11.6 Å². The van der Waals surface area contributed by atoms with E-state index in [4.69, 9.17) is 4.74 Å². The summed E-state index contributed by atoms with van der Waals surface area (Å²) < 4.78 is 8.39. The molecule has 0 amide bonds. The lowest BCUT2D eigenvalue weighted by atomic mass is 10.1. The van der Waals surface area contributed by atoms with Crippen molar-refractivity contribution in [2.75, 3.05) is 13.7 Å². The first-order chi connectivity index (χ1) is 13.2. The lowest BCUT2D eigenvalue weighted by molar-refractivity contribution is 0.200. The zero-order valence-corrected chi connectivity index (χ0v) is 15.1. The Hall–Kier alpha value is -3.00. The van der Waals surface area contributed by atoms with Crippen molar-refractivity contribution >= 4 is 0 Å². The average Bonchev–Trinajstić information content (AvgIpc) is 3.29. The number of rotatable bonds is 6. The molecule has 8 nitrogen and oxygen atoms in total. The van der Waals surface area contributed by atoms with Crippen LogP contribution in [0.5, 0.6) is 0 Å². The normalized spacial score (nSPS) is 13.1. The quantitative estimate of drug-likeness (QED) is 0.697. The predicted molar refractivity (Wildman–Crippen MR) is 99.4 cm³/mol. The molecule has 0 fully saturated rings. The number of aryl methyl sites for hydroxylation is 1. The van der Waals surface area contributed by atoms with Crippen LogP contribution in [0.2, 0.25) is 0 Å². The maximum Gasteiger partial charge on any atom is 0.328 e. The molecule has 0 aliphatic heterocycles. The van der Waals surface area contributed by atoms with Crippen LogP contribution >= 0.6 is 0 Å². The predicted octanol–water partition coefficient (Wildman–Crippen LogP) is 0.843. The fourth-order valence-corrected chi connectivity index (χ4v) is 3.51. The molecule has 0 atom stereocenters. The maximum absolute atomic E-state index is 12.1. The van der Waals surface area contributed by atoms with Crippen molar-refractivity contribution in [3.05, 3.63) is 74.1 Å². The molecule has 0 bridgehead atoms. The van der Waals surface area contributed by atoms with Crippen molar-refractivity contribution in [2.45, 2.75) is 32.2 Å². The Kier molecular flexibility index (Phi) is 4.72. The molecule has 4 rings (SSSR count). The number of fused-ring (bicyclic) bond motifs is 1. The van der Waals surface area contributed by atoms with Crippen LogP contribution in [0.4, 0.5) is 0 Å². The van der Waals surface area contributed by atoms with Crippen LogP contribution in [0, 0.1) is 0 Å². The van der Waals surface area contributed by atoms with E-state index in [0.29, 0.717) is 24.7 Å². The smallest absolute Gasteiger partial charge is 0.328 e. The minimum atomic E-state index is -0.464. The van der Waals surface area contributed by atoms with Gasteiger partial charge in [0.1, 0.15) is 0 Å². The Balaban J connectivity index is 1.78. The van der Waals surface area contributed by atoms with Crippen molar-refractivity contribution < 1.29 is 4.74 Å². The number of aromatic amines is 1. The molecule has 0 radical (unpaired) electrons. The number of nitrogens with one attached hydrogen (secondary N) is 1. The number of hydrogen-bond acceptors (Lipinski definition) is 5. The molecule has 2 aromatic heterocycles. The first-order valence-corrected chi connectivity index (χ1v) is 9.00. The molecule has 0 saturated heterocycles. The van der Waals surface area contributed by atoms with Gasteiger partial charge in [-0.3, -0.25) is 14.3 Å². The molecule has 27 heavy (non-hydrogen) atoms. The Morgan fingerprint density at radius 3 is 2.93 bits per heavy atom.